The number of hydrogen-bond donors (Lipinski definition) is 1. The number of benzene rings is 2. The predicted octanol–water partition coefficient (Wildman–Crippen LogP) is 14.5. The summed E-state index contributed by atoms with van der Waals surface area (Å²) in [6.45, 7) is 15.1. The number of alkyl halides is 4. The van der Waals surface area contributed by atoms with Gasteiger partial charge in [-0.05, 0) is 132 Å². The van der Waals surface area contributed by atoms with Crippen molar-refractivity contribution in [2.75, 3.05) is 0 Å². The Morgan fingerprint density at radius 3 is 1.65 bits per heavy atom. The fourth-order valence-corrected chi connectivity index (χ4v) is 8.22. The van der Waals surface area contributed by atoms with Crippen molar-refractivity contribution in [3.05, 3.63) is 157 Å². The van der Waals surface area contributed by atoms with Crippen LogP contribution in [0.5, 0.6) is 0 Å². The van der Waals surface area contributed by atoms with Crippen molar-refractivity contribution in [1.82, 2.24) is 0 Å². The molecule has 0 aliphatic heterocycles. The molecule has 1 radical (unpaired) electrons. The first kappa shape index (κ1) is 67.5. The average Bonchev–Trinajstić information content (AvgIpc) is 3.85. The number of Topliss-reactive ketones (excluding diaryl/α,β-unsaturated/α-hetero) is 2. The SMILES string of the molecule is CC(C)OC(=O)CCC/C=C\CC1=C[C@H](C)CC1=O.CC/C=C/C(F)(F)C(/C=C/O[B]O)OCc1ccccc1.CC/C=C/C(F)(F)C(/C=C/[C@H]1[C@H](C)CC(=O)[C@@H]1C/C=C\CCCC(=O)OC(C)C)OCc1ccccc1. The van der Waals surface area contributed by atoms with E-state index in [1.807, 2.05) is 114 Å². The number of esters is 2. The second-order valence-corrected chi connectivity index (χ2v) is 19.7. The summed E-state index contributed by atoms with van der Waals surface area (Å²) in [5.41, 5.74) is 2.55. The summed E-state index contributed by atoms with van der Waals surface area (Å²) in [5.74, 6) is -6.16. The number of allylic oxidation sites excluding steroid dienone is 9. The standard InChI is InChI=1S/C31H42F2O4.C16H24O3.C15H18BF2O3/c1-5-6-20-31(32,33)29(36-22-25-14-10-9-11-15-25)19-18-26-24(4)21-28(34)27(26)16-12-7-8-13-17-30(35)37-23(2)3;1-12(2)19-16(18)9-7-5-4-6-8-14-10-13(3)11-15(14)17;1-2-3-10-15(17,18)14(9-11-21-16-19)20-12-13-7-5-4-6-8-13/h6-7,9-12,14-15,18-20,23-24,26-27,29H,5,8,13,16-17,21-22H2,1-4H3;4,6,10,12-13H,5,7-9,11H2,1-3H3;3-11,14,19H,2,12H2,1H3/b12-7-,19-18+,20-6+;6-4-;10-3+,11-9+/t24-,26+,27-,29?;13-;/m10./s1. The van der Waals surface area contributed by atoms with Crippen molar-refractivity contribution in [2.24, 2.45) is 23.7 Å². The quantitative estimate of drug-likeness (QED) is 0.0194. The van der Waals surface area contributed by atoms with Gasteiger partial charge in [-0.3, -0.25) is 19.2 Å². The molecule has 0 aromatic heterocycles. The number of carbonyl (C=O) groups excluding carboxylic acids is 4. The number of halogens is 4. The van der Waals surface area contributed by atoms with Crippen molar-refractivity contribution >= 4 is 31.2 Å². The predicted molar refractivity (Wildman–Crippen MR) is 296 cm³/mol. The summed E-state index contributed by atoms with van der Waals surface area (Å²) in [7, 11) is 0.408. The maximum atomic E-state index is 15.0. The molecule has 2 unspecified atom stereocenters. The summed E-state index contributed by atoms with van der Waals surface area (Å²) in [4.78, 5) is 47.1. The van der Waals surface area contributed by atoms with Crippen LogP contribution in [0.25, 0.3) is 0 Å². The van der Waals surface area contributed by atoms with Crippen LogP contribution in [0, 0.1) is 23.7 Å². The Morgan fingerprint density at radius 2 is 1.19 bits per heavy atom. The third-order valence-corrected chi connectivity index (χ3v) is 12.1. The fraction of sp³-hybridized carbons (Fsp3) is 0.516. The number of carbonyl (C=O) groups is 4. The van der Waals surface area contributed by atoms with Gasteiger partial charge in [0.05, 0.1) is 31.7 Å². The Balaban J connectivity index is 0.000000430. The second kappa shape index (κ2) is 38.0. The average molecular weight is 1080 g/mol. The highest BCUT2D eigenvalue weighted by atomic mass is 19.3. The first-order valence-electron chi connectivity index (χ1n) is 27.1. The van der Waals surface area contributed by atoms with Crippen LogP contribution in [-0.4, -0.2) is 72.5 Å². The molecule has 2 aromatic rings. The Labute approximate surface area is 457 Å². The maximum Gasteiger partial charge on any atom is 0.568 e. The van der Waals surface area contributed by atoms with E-state index in [1.165, 1.54) is 18.2 Å². The van der Waals surface area contributed by atoms with E-state index in [-0.39, 0.29) is 66.7 Å². The van der Waals surface area contributed by atoms with Crippen LogP contribution in [0.2, 0.25) is 0 Å². The van der Waals surface area contributed by atoms with Gasteiger partial charge in [-0.1, -0.05) is 143 Å². The molecule has 1 fully saturated rings. The van der Waals surface area contributed by atoms with Crippen LogP contribution in [0.3, 0.4) is 0 Å². The molecule has 4 rings (SSSR count). The topological polar surface area (TPSA) is 135 Å². The Hall–Kier alpha value is -5.64. The zero-order chi connectivity index (χ0) is 57.1. The molecule has 6 atom stereocenters. The number of unbranched alkanes of at least 4 members (excludes halogenated alkanes) is 2. The van der Waals surface area contributed by atoms with Crippen molar-refractivity contribution in [2.45, 2.75) is 182 Å². The minimum Gasteiger partial charge on any atom is -0.543 e. The zero-order valence-electron chi connectivity index (χ0n) is 46.5. The van der Waals surface area contributed by atoms with E-state index in [2.05, 4.69) is 17.7 Å². The number of ether oxygens (including phenoxy) is 4. The number of hydrogen-bond acceptors (Lipinski definition) is 10. The van der Waals surface area contributed by atoms with E-state index in [1.54, 1.807) is 25.1 Å². The van der Waals surface area contributed by atoms with E-state index < -0.39 is 24.1 Å². The molecule has 2 aliphatic rings. The normalized spacial score (nSPS) is 18.9. The van der Waals surface area contributed by atoms with Gasteiger partial charge in [0.25, 0.3) is 11.8 Å². The highest BCUT2D eigenvalue weighted by Gasteiger charge is 2.40. The highest BCUT2D eigenvalue weighted by Crippen LogP contribution is 2.38. The van der Waals surface area contributed by atoms with Crippen molar-refractivity contribution < 1.29 is 65.4 Å². The van der Waals surface area contributed by atoms with Gasteiger partial charge in [0.15, 0.2) is 5.78 Å². The lowest BCUT2D eigenvalue weighted by Gasteiger charge is -2.24. The minimum atomic E-state index is -3.17. The zero-order valence-corrected chi connectivity index (χ0v) is 46.5. The third kappa shape index (κ3) is 29.1. The number of rotatable bonds is 31. The molecule has 0 amide bonds. The molecular weight excluding hydrogens is 991 g/mol. The van der Waals surface area contributed by atoms with Crippen LogP contribution in [0.15, 0.2) is 145 Å². The van der Waals surface area contributed by atoms with E-state index in [4.69, 9.17) is 24.0 Å². The molecule has 0 bridgehead atoms. The van der Waals surface area contributed by atoms with Crippen molar-refractivity contribution in [1.29, 1.82) is 0 Å². The van der Waals surface area contributed by atoms with Crippen LogP contribution in [0.1, 0.15) is 144 Å². The highest BCUT2D eigenvalue weighted by molar-refractivity contribution is 6.16. The lowest BCUT2D eigenvalue weighted by atomic mass is 9.87. The van der Waals surface area contributed by atoms with Gasteiger partial charge in [-0.2, -0.15) is 17.6 Å². The summed E-state index contributed by atoms with van der Waals surface area (Å²) in [6, 6.07) is 18.3. The summed E-state index contributed by atoms with van der Waals surface area (Å²) in [5, 5.41) is 8.39. The molecule has 1 N–H and O–H groups in total. The Morgan fingerprint density at radius 1 is 0.701 bits per heavy atom. The van der Waals surface area contributed by atoms with Gasteiger partial charge < -0.3 is 28.6 Å². The van der Waals surface area contributed by atoms with Gasteiger partial charge in [-0.25, -0.2) is 0 Å². The molecule has 2 aliphatic carbocycles. The maximum absolute atomic E-state index is 15.0. The van der Waals surface area contributed by atoms with E-state index in [0.717, 1.165) is 66.9 Å². The van der Waals surface area contributed by atoms with Crippen LogP contribution >= 0.6 is 0 Å². The van der Waals surface area contributed by atoms with Gasteiger partial charge in [0, 0.05) is 31.6 Å². The van der Waals surface area contributed by atoms with Crippen LogP contribution < -0.4 is 0 Å². The summed E-state index contributed by atoms with van der Waals surface area (Å²) < 4.78 is 83.6. The molecule has 1 saturated carbocycles. The Kier molecular flexibility index (Phi) is 33.3. The van der Waals surface area contributed by atoms with E-state index in [9.17, 15) is 36.7 Å². The summed E-state index contributed by atoms with van der Waals surface area (Å²) >= 11 is 0. The van der Waals surface area contributed by atoms with E-state index >= 15 is 0 Å². The lowest BCUT2D eigenvalue weighted by molar-refractivity contribution is -0.148. The van der Waals surface area contributed by atoms with Crippen LogP contribution in [-0.2, 0) is 56.0 Å². The summed E-state index contributed by atoms with van der Waals surface area (Å²) in [6.07, 6.45) is 24.0. The van der Waals surface area contributed by atoms with Crippen molar-refractivity contribution in [3.8, 4) is 0 Å². The first-order valence-corrected chi connectivity index (χ1v) is 27.1. The second-order valence-electron chi connectivity index (χ2n) is 19.7. The minimum absolute atomic E-state index is 0.0367. The molecule has 0 saturated heterocycles. The smallest absolute Gasteiger partial charge is 0.543 e. The molecule has 2 aromatic carbocycles. The monoisotopic (exact) mass is 1080 g/mol. The molecule has 0 heterocycles. The molecule has 423 valence electrons. The molecular formula is C62H84BF4O10. The molecule has 10 nitrogen and oxygen atoms in total. The molecule has 15 heteroatoms. The lowest BCUT2D eigenvalue weighted by Crippen LogP contribution is -2.32. The largest absolute Gasteiger partial charge is 0.568 e. The van der Waals surface area contributed by atoms with E-state index in [0.29, 0.717) is 65.0 Å². The third-order valence-electron chi connectivity index (χ3n) is 12.1. The fourth-order valence-electron chi connectivity index (χ4n) is 8.22. The van der Waals surface area contributed by atoms with Crippen LogP contribution in [0.4, 0.5) is 17.6 Å². The first-order chi connectivity index (χ1) is 36.7. The van der Waals surface area contributed by atoms with Gasteiger partial charge in [0.1, 0.15) is 18.0 Å². The molecule has 77 heavy (non-hydrogen) atoms. The molecule has 0 spiro atoms. The van der Waals surface area contributed by atoms with Crippen molar-refractivity contribution in [3.63, 3.8) is 0 Å². The van der Waals surface area contributed by atoms with Gasteiger partial charge in [-0.15, -0.1) is 0 Å². The van der Waals surface area contributed by atoms with Gasteiger partial charge >= 0.3 is 19.6 Å². The van der Waals surface area contributed by atoms with Gasteiger partial charge in [0.2, 0.25) is 0 Å². The Bertz CT molecular complexity index is 2220. The number of ketones is 2.